The molecule has 0 saturated carbocycles. The molecular formula is C20H40O2. The molecule has 0 unspecified atom stereocenters. The van der Waals surface area contributed by atoms with Crippen molar-refractivity contribution in [3.8, 4) is 0 Å². The topological polar surface area (TPSA) is 26.3 Å². The molecule has 2 heteroatoms. The fourth-order valence-corrected chi connectivity index (χ4v) is 2.99. The van der Waals surface area contributed by atoms with E-state index < -0.39 is 0 Å². The summed E-state index contributed by atoms with van der Waals surface area (Å²) in [6.07, 6.45) is 19.4. The van der Waals surface area contributed by atoms with Gasteiger partial charge in [0.15, 0.2) is 0 Å². The maximum absolute atomic E-state index is 11.0. The van der Waals surface area contributed by atoms with Crippen LogP contribution in [0.25, 0.3) is 0 Å². The Morgan fingerprint density at radius 3 is 1.73 bits per heavy atom. The highest BCUT2D eigenvalue weighted by Crippen LogP contribution is 2.18. The average Bonchev–Trinajstić information content (AvgIpc) is 2.52. The van der Waals surface area contributed by atoms with Crippen LogP contribution in [0.3, 0.4) is 0 Å². The van der Waals surface area contributed by atoms with Gasteiger partial charge >= 0.3 is 5.97 Å². The van der Waals surface area contributed by atoms with Gasteiger partial charge in [0, 0.05) is 6.42 Å². The predicted octanol–water partition coefficient (Wildman–Crippen LogP) is 6.67. The summed E-state index contributed by atoms with van der Waals surface area (Å²) in [5.74, 6) is 0.852. The van der Waals surface area contributed by atoms with Gasteiger partial charge in [-0.05, 0) is 12.3 Å². The van der Waals surface area contributed by atoms with Crippen molar-refractivity contribution >= 4 is 5.97 Å². The molecule has 0 heterocycles. The minimum absolute atomic E-state index is 0.0660. The van der Waals surface area contributed by atoms with E-state index in [1.165, 1.54) is 90.6 Å². The summed E-state index contributed by atoms with van der Waals surface area (Å²) in [5, 5.41) is 0. The van der Waals surface area contributed by atoms with Crippen molar-refractivity contribution in [1.29, 1.82) is 0 Å². The highest BCUT2D eigenvalue weighted by Gasteiger charge is 2.02. The van der Waals surface area contributed by atoms with Crippen LogP contribution in [-0.2, 0) is 9.53 Å². The smallest absolute Gasteiger partial charge is 0.305 e. The lowest BCUT2D eigenvalue weighted by Crippen LogP contribution is -1.99. The molecule has 0 rings (SSSR count). The molecule has 0 N–H and O–H groups in total. The van der Waals surface area contributed by atoms with E-state index in [2.05, 4.69) is 18.6 Å². The lowest BCUT2D eigenvalue weighted by Gasteiger charge is -2.11. The Labute approximate surface area is 139 Å². The summed E-state index contributed by atoms with van der Waals surface area (Å²) >= 11 is 0. The number of esters is 1. The maximum atomic E-state index is 11.0. The highest BCUT2D eigenvalue weighted by molar-refractivity contribution is 5.68. The lowest BCUT2D eigenvalue weighted by molar-refractivity contribution is -0.140. The van der Waals surface area contributed by atoms with Gasteiger partial charge in [0.05, 0.1) is 7.11 Å². The van der Waals surface area contributed by atoms with Crippen LogP contribution in [0.2, 0.25) is 0 Å². The molecule has 0 radical (unpaired) electrons. The normalized spacial score (nSPS) is 12.3. The largest absolute Gasteiger partial charge is 0.469 e. The zero-order valence-electron chi connectivity index (χ0n) is 15.5. The summed E-state index contributed by atoms with van der Waals surface area (Å²) in [6.45, 7) is 4.70. The molecule has 0 aromatic rings. The van der Waals surface area contributed by atoms with Crippen molar-refractivity contribution in [2.75, 3.05) is 7.11 Å². The third kappa shape index (κ3) is 15.9. The van der Waals surface area contributed by atoms with Gasteiger partial charge in [-0.3, -0.25) is 4.79 Å². The first kappa shape index (κ1) is 21.5. The van der Waals surface area contributed by atoms with Crippen LogP contribution in [-0.4, -0.2) is 13.1 Å². The second-order valence-corrected chi connectivity index (χ2v) is 6.90. The molecule has 0 fully saturated rings. The Hall–Kier alpha value is -0.530. The zero-order chi connectivity index (χ0) is 16.5. The molecule has 1 atom stereocenters. The van der Waals surface area contributed by atoms with E-state index in [0.717, 1.165) is 12.3 Å². The van der Waals surface area contributed by atoms with Crippen molar-refractivity contribution in [2.45, 2.75) is 110 Å². The first-order valence-electron chi connectivity index (χ1n) is 9.77. The molecular weight excluding hydrogens is 272 g/mol. The Bertz CT molecular complexity index is 238. The van der Waals surface area contributed by atoms with Crippen molar-refractivity contribution in [3.63, 3.8) is 0 Å². The first-order chi connectivity index (χ1) is 10.7. The molecule has 0 aromatic heterocycles. The standard InChI is InChI=1S/C20H40O2/c1-4-5-6-10-13-16-19(2)17-14-11-8-7-9-12-15-18-20(21)22-3/h19H,4-18H2,1-3H3/t19-/m0/s1. The van der Waals surface area contributed by atoms with E-state index in [4.69, 9.17) is 0 Å². The number of ether oxygens (including phenoxy) is 1. The van der Waals surface area contributed by atoms with Gasteiger partial charge in [0.2, 0.25) is 0 Å². The zero-order valence-corrected chi connectivity index (χ0v) is 15.5. The van der Waals surface area contributed by atoms with Crippen LogP contribution in [0.4, 0.5) is 0 Å². The summed E-state index contributed by atoms with van der Waals surface area (Å²) in [6, 6.07) is 0. The lowest BCUT2D eigenvalue weighted by atomic mass is 9.96. The van der Waals surface area contributed by atoms with Gasteiger partial charge in [-0.1, -0.05) is 97.3 Å². The van der Waals surface area contributed by atoms with E-state index >= 15 is 0 Å². The molecule has 0 bridgehead atoms. The van der Waals surface area contributed by atoms with Gasteiger partial charge in [0.1, 0.15) is 0 Å². The van der Waals surface area contributed by atoms with Crippen LogP contribution < -0.4 is 0 Å². The Morgan fingerprint density at radius 2 is 1.23 bits per heavy atom. The summed E-state index contributed by atoms with van der Waals surface area (Å²) < 4.78 is 4.64. The predicted molar refractivity (Wildman–Crippen MR) is 96.1 cm³/mol. The number of carbonyl (C=O) groups is 1. The molecule has 132 valence electrons. The number of unbranched alkanes of at least 4 members (excludes halogenated alkanes) is 10. The van der Waals surface area contributed by atoms with Gasteiger partial charge in [-0.25, -0.2) is 0 Å². The number of methoxy groups -OCH3 is 1. The van der Waals surface area contributed by atoms with Crippen molar-refractivity contribution in [2.24, 2.45) is 5.92 Å². The van der Waals surface area contributed by atoms with Crippen LogP contribution in [0.5, 0.6) is 0 Å². The van der Waals surface area contributed by atoms with Gasteiger partial charge in [-0.15, -0.1) is 0 Å². The van der Waals surface area contributed by atoms with Crippen LogP contribution >= 0.6 is 0 Å². The van der Waals surface area contributed by atoms with Crippen molar-refractivity contribution < 1.29 is 9.53 Å². The molecule has 0 saturated heterocycles. The quantitative estimate of drug-likeness (QED) is 0.235. The van der Waals surface area contributed by atoms with E-state index in [0.29, 0.717) is 6.42 Å². The van der Waals surface area contributed by atoms with E-state index in [9.17, 15) is 4.79 Å². The summed E-state index contributed by atoms with van der Waals surface area (Å²) in [7, 11) is 1.47. The molecule has 0 aromatic carbocycles. The molecule has 0 spiro atoms. The Kier molecular flexibility index (Phi) is 16.4. The van der Waals surface area contributed by atoms with E-state index in [1.807, 2.05) is 0 Å². The number of hydrogen-bond acceptors (Lipinski definition) is 2. The van der Waals surface area contributed by atoms with Gasteiger partial charge in [0.25, 0.3) is 0 Å². The first-order valence-corrected chi connectivity index (χ1v) is 9.77. The van der Waals surface area contributed by atoms with Crippen LogP contribution in [0, 0.1) is 5.92 Å². The van der Waals surface area contributed by atoms with Crippen LogP contribution in [0.1, 0.15) is 110 Å². The minimum Gasteiger partial charge on any atom is -0.469 e. The Balaban J connectivity index is 3.16. The SMILES string of the molecule is CCCCCCC[C@H](C)CCCCCCCCCC(=O)OC. The molecule has 0 aliphatic carbocycles. The number of rotatable bonds is 16. The van der Waals surface area contributed by atoms with Gasteiger partial charge in [-0.2, -0.15) is 0 Å². The molecule has 0 amide bonds. The molecule has 0 aliphatic rings. The summed E-state index contributed by atoms with van der Waals surface area (Å²) in [4.78, 5) is 11.0. The minimum atomic E-state index is -0.0660. The third-order valence-electron chi connectivity index (χ3n) is 4.61. The second-order valence-electron chi connectivity index (χ2n) is 6.90. The second kappa shape index (κ2) is 16.8. The van der Waals surface area contributed by atoms with Crippen molar-refractivity contribution in [3.05, 3.63) is 0 Å². The van der Waals surface area contributed by atoms with Crippen molar-refractivity contribution in [1.82, 2.24) is 0 Å². The number of carbonyl (C=O) groups excluding carboxylic acids is 1. The summed E-state index contributed by atoms with van der Waals surface area (Å²) in [5.41, 5.74) is 0. The third-order valence-corrected chi connectivity index (χ3v) is 4.61. The van der Waals surface area contributed by atoms with E-state index in [-0.39, 0.29) is 5.97 Å². The molecule has 22 heavy (non-hydrogen) atoms. The average molecular weight is 313 g/mol. The van der Waals surface area contributed by atoms with E-state index in [1.54, 1.807) is 0 Å². The fraction of sp³-hybridized carbons (Fsp3) is 0.950. The van der Waals surface area contributed by atoms with Crippen LogP contribution in [0.15, 0.2) is 0 Å². The number of hydrogen-bond donors (Lipinski definition) is 0. The highest BCUT2D eigenvalue weighted by atomic mass is 16.5. The monoisotopic (exact) mass is 312 g/mol. The van der Waals surface area contributed by atoms with Gasteiger partial charge < -0.3 is 4.74 Å². The Morgan fingerprint density at radius 1 is 0.773 bits per heavy atom. The maximum Gasteiger partial charge on any atom is 0.305 e. The molecule has 0 aliphatic heterocycles. The fourth-order valence-electron chi connectivity index (χ4n) is 2.99. The molecule has 2 nitrogen and oxygen atoms in total.